The van der Waals surface area contributed by atoms with Crippen molar-refractivity contribution < 1.29 is 9.53 Å². The number of hydrogen-bond acceptors (Lipinski definition) is 3. The largest absolute Gasteiger partial charge is 0.497 e. The smallest absolute Gasteiger partial charge is 0.248 e. The van der Waals surface area contributed by atoms with Crippen LogP contribution >= 0.6 is 0 Å². The van der Waals surface area contributed by atoms with Gasteiger partial charge in [-0.3, -0.25) is 4.79 Å². The number of rotatable bonds is 4. The van der Waals surface area contributed by atoms with Crippen LogP contribution in [0.15, 0.2) is 67.0 Å². The Morgan fingerprint density at radius 3 is 2.58 bits per heavy atom. The second-order valence-corrected chi connectivity index (χ2v) is 6.00. The maximum absolute atomic E-state index is 11.3. The van der Waals surface area contributed by atoms with Crippen molar-refractivity contribution in [2.75, 3.05) is 7.11 Å². The molecule has 0 aliphatic carbocycles. The van der Waals surface area contributed by atoms with Gasteiger partial charge in [-0.25, -0.2) is 4.98 Å². The number of carbonyl (C=O) groups excluding carboxylic acids is 1. The van der Waals surface area contributed by atoms with E-state index in [1.807, 2.05) is 48.8 Å². The van der Waals surface area contributed by atoms with Gasteiger partial charge < -0.3 is 15.5 Å². The molecule has 5 nitrogen and oxygen atoms in total. The lowest BCUT2D eigenvalue weighted by molar-refractivity contribution is 0.100. The van der Waals surface area contributed by atoms with Gasteiger partial charge in [0, 0.05) is 34.5 Å². The third-order valence-corrected chi connectivity index (χ3v) is 4.41. The van der Waals surface area contributed by atoms with E-state index in [9.17, 15) is 4.79 Å². The Morgan fingerprint density at radius 1 is 1.04 bits per heavy atom. The monoisotopic (exact) mass is 343 g/mol. The average Bonchev–Trinajstić information content (AvgIpc) is 3.11. The van der Waals surface area contributed by atoms with Crippen LogP contribution in [0.4, 0.5) is 0 Å². The van der Waals surface area contributed by atoms with Gasteiger partial charge >= 0.3 is 0 Å². The van der Waals surface area contributed by atoms with Crippen molar-refractivity contribution in [3.8, 4) is 28.0 Å². The maximum Gasteiger partial charge on any atom is 0.248 e. The van der Waals surface area contributed by atoms with E-state index in [1.165, 1.54) is 0 Å². The molecule has 0 fully saturated rings. The number of hydrogen-bond donors (Lipinski definition) is 2. The number of fused-ring (bicyclic) bond motifs is 1. The third-order valence-electron chi connectivity index (χ3n) is 4.41. The van der Waals surface area contributed by atoms with Crippen LogP contribution in [0.1, 0.15) is 10.4 Å². The number of nitrogens with two attached hydrogens (primary N) is 1. The van der Waals surface area contributed by atoms with Crippen molar-refractivity contribution in [1.29, 1.82) is 0 Å². The highest BCUT2D eigenvalue weighted by Crippen LogP contribution is 2.32. The minimum absolute atomic E-state index is 0.433. The first kappa shape index (κ1) is 15.9. The van der Waals surface area contributed by atoms with Crippen LogP contribution in [0.25, 0.3) is 33.3 Å². The van der Waals surface area contributed by atoms with Gasteiger partial charge in [-0.1, -0.05) is 24.3 Å². The molecule has 0 spiro atoms. The summed E-state index contributed by atoms with van der Waals surface area (Å²) in [6.07, 6.45) is 3.76. The van der Waals surface area contributed by atoms with Gasteiger partial charge in [0.25, 0.3) is 0 Å². The number of nitrogens with one attached hydrogen (secondary N) is 1. The molecule has 1 amide bonds. The fourth-order valence-electron chi connectivity index (χ4n) is 3.02. The molecule has 5 heteroatoms. The number of carbonyl (C=O) groups is 1. The number of primary amides is 1. The molecule has 0 radical (unpaired) electrons. The van der Waals surface area contributed by atoms with Gasteiger partial charge in [-0.05, 0) is 41.5 Å². The number of aromatic nitrogens is 2. The molecule has 4 rings (SSSR count). The van der Waals surface area contributed by atoms with E-state index in [4.69, 9.17) is 10.5 Å². The lowest BCUT2D eigenvalue weighted by atomic mass is 10.0. The molecule has 3 N–H and O–H groups in total. The Morgan fingerprint density at radius 2 is 1.85 bits per heavy atom. The summed E-state index contributed by atoms with van der Waals surface area (Å²) in [6.45, 7) is 0. The summed E-state index contributed by atoms with van der Waals surface area (Å²) in [4.78, 5) is 19.0. The summed E-state index contributed by atoms with van der Waals surface area (Å²) in [5, 5.41) is 1.01. The van der Waals surface area contributed by atoms with Crippen molar-refractivity contribution in [1.82, 2.24) is 9.97 Å². The number of pyridine rings is 1. The third kappa shape index (κ3) is 2.80. The van der Waals surface area contributed by atoms with E-state index in [0.29, 0.717) is 5.56 Å². The van der Waals surface area contributed by atoms with Crippen molar-refractivity contribution in [3.63, 3.8) is 0 Å². The van der Waals surface area contributed by atoms with Crippen molar-refractivity contribution in [2.24, 2.45) is 5.73 Å². The zero-order valence-corrected chi connectivity index (χ0v) is 14.2. The maximum atomic E-state index is 11.3. The fraction of sp³-hybridized carbons (Fsp3) is 0.0476. The van der Waals surface area contributed by atoms with Crippen LogP contribution in [0.2, 0.25) is 0 Å². The van der Waals surface area contributed by atoms with E-state index < -0.39 is 5.91 Å². The van der Waals surface area contributed by atoms with Gasteiger partial charge in [0.2, 0.25) is 5.91 Å². The fourth-order valence-corrected chi connectivity index (χ4v) is 3.02. The van der Waals surface area contributed by atoms with Gasteiger partial charge in [0.15, 0.2) is 0 Å². The average molecular weight is 343 g/mol. The van der Waals surface area contributed by atoms with Crippen LogP contribution in [0, 0.1) is 0 Å². The molecule has 2 aromatic carbocycles. The summed E-state index contributed by atoms with van der Waals surface area (Å²) < 4.78 is 5.31. The number of nitrogens with zero attached hydrogens (tertiary/aromatic N) is 1. The van der Waals surface area contributed by atoms with Gasteiger partial charge in [-0.2, -0.15) is 0 Å². The molecule has 0 atom stereocenters. The highest BCUT2D eigenvalue weighted by Gasteiger charge is 2.10. The Hall–Kier alpha value is -3.60. The molecule has 0 bridgehead atoms. The highest BCUT2D eigenvalue weighted by molar-refractivity contribution is 5.97. The topological polar surface area (TPSA) is 81.0 Å². The second-order valence-electron chi connectivity index (χ2n) is 6.00. The van der Waals surface area contributed by atoms with Crippen LogP contribution in [0.3, 0.4) is 0 Å². The van der Waals surface area contributed by atoms with Crippen LogP contribution < -0.4 is 10.5 Å². The predicted molar refractivity (Wildman–Crippen MR) is 102 cm³/mol. The first-order chi connectivity index (χ1) is 12.7. The van der Waals surface area contributed by atoms with E-state index in [-0.39, 0.29) is 0 Å². The minimum Gasteiger partial charge on any atom is -0.497 e. The number of methoxy groups -OCH3 is 1. The molecule has 2 heterocycles. The number of aromatic amines is 1. The summed E-state index contributed by atoms with van der Waals surface area (Å²) in [7, 11) is 1.65. The second kappa shape index (κ2) is 6.37. The summed E-state index contributed by atoms with van der Waals surface area (Å²) in [6, 6.07) is 17.2. The Bertz CT molecular complexity index is 1100. The molecule has 0 aliphatic heterocycles. The molecule has 2 aromatic heterocycles. The molecule has 0 saturated heterocycles. The van der Waals surface area contributed by atoms with E-state index >= 15 is 0 Å². The van der Waals surface area contributed by atoms with Crippen molar-refractivity contribution in [3.05, 3.63) is 72.6 Å². The number of H-pyrrole nitrogens is 1. The minimum atomic E-state index is -0.433. The standard InChI is InChI=1S/C21H17N3O2/c1-26-17-4-2-3-15(9-17)16-10-18-19(12-24-21(18)23-11-16)13-5-7-14(8-6-13)20(22)25/h2-12H,1H3,(H2,22,25)(H,23,24). The van der Waals surface area contributed by atoms with Gasteiger partial charge in [0.1, 0.15) is 11.4 Å². The van der Waals surface area contributed by atoms with Crippen LogP contribution in [-0.2, 0) is 0 Å². The lowest BCUT2D eigenvalue weighted by Crippen LogP contribution is -2.10. The molecule has 0 saturated carbocycles. The molecule has 26 heavy (non-hydrogen) atoms. The van der Waals surface area contributed by atoms with E-state index in [1.54, 1.807) is 19.2 Å². The molecule has 128 valence electrons. The molecule has 0 aliphatic rings. The first-order valence-electron chi connectivity index (χ1n) is 8.17. The normalized spacial score (nSPS) is 10.8. The van der Waals surface area contributed by atoms with Crippen LogP contribution in [0.5, 0.6) is 5.75 Å². The van der Waals surface area contributed by atoms with Gasteiger partial charge in [0.05, 0.1) is 7.11 Å². The molecule has 0 unspecified atom stereocenters. The predicted octanol–water partition coefficient (Wildman–Crippen LogP) is 4.00. The number of amides is 1. The lowest BCUT2D eigenvalue weighted by Gasteiger charge is -2.06. The van der Waals surface area contributed by atoms with E-state index in [0.717, 1.165) is 39.0 Å². The first-order valence-corrected chi connectivity index (χ1v) is 8.17. The SMILES string of the molecule is COc1cccc(-c2cnc3[nH]cc(-c4ccc(C(N)=O)cc4)c3c2)c1. The van der Waals surface area contributed by atoms with Crippen molar-refractivity contribution >= 4 is 16.9 Å². The quantitative estimate of drug-likeness (QED) is 0.587. The molecule has 4 aromatic rings. The summed E-state index contributed by atoms with van der Waals surface area (Å²) in [5.41, 5.74) is 10.7. The molecular weight excluding hydrogens is 326 g/mol. The zero-order chi connectivity index (χ0) is 18.1. The van der Waals surface area contributed by atoms with Crippen molar-refractivity contribution in [2.45, 2.75) is 0 Å². The summed E-state index contributed by atoms with van der Waals surface area (Å²) >= 11 is 0. The Kier molecular flexibility index (Phi) is 3.89. The van der Waals surface area contributed by atoms with E-state index in [2.05, 4.69) is 16.0 Å². The Labute approximate surface area is 150 Å². The highest BCUT2D eigenvalue weighted by atomic mass is 16.5. The number of benzene rings is 2. The summed E-state index contributed by atoms with van der Waals surface area (Å²) in [5.74, 6) is 0.372. The zero-order valence-electron chi connectivity index (χ0n) is 14.2. The van der Waals surface area contributed by atoms with Gasteiger partial charge in [-0.15, -0.1) is 0 Å². The Balaban J connectivity index is 1.80. The number of ether oxygens (including phenoxy) is 1. The molecular formula is C21H17N3O2. The van der Waals surface area contributed by atoms with Crippen LogP contribution in [-0.4, -0.2) is 23.0 Å².